The summed E-state index contributed by atoms with van der Waals surface area (Å²) in [5.41, 5.74) is -0.215. The molecule has 1 aromatic carbocycles. The standard InChI is InChI=1S/C13H14FNO3/c1-2-15(9-4-5-9)12(16)10-6-3-8(13(17)18)7-11(10)14/h3,6-7,9H,2,4-5H2,1H3,(H,17,18). The third kappa shape index (κ3) is 2.34. The minimum atomic E-state index is -1.21. The van der Waals surface area contributed by atoms with Crippen LogP contribution in [0.15, 0.2) is 18.2 Å². The Morgan fingerprint density at radius 2 is 2.11 bits per heavy atom. The first-order valence-corrected chi connectivity index (χ1v) is 5.88. The molecule has 0 atom stereocenters. The molecule has 0 unspecified atom stereocenters. The fourth-order valence-electron chi connectivity index (χ4n) is 1.93. The van der Waals surface area contributed by atoms with Crippen molar-refractivity contribution < 1.29 is 19.1 Å². The van der Waals surface area contributed by atoms with Crippen molar-refractivity contribution in [3.63, 3.8) is 0 Å². The number of benzene rings is 1. The quantitative estimate of drug-likeness (QED) is 0.892. The van der Waals surface area contributed by atoms with Gasteiger partial charge in [-0.1, -0.05) is 0 Å². The van der Waals surface area contributed by atoms with Crippen molar-refractivity contribution in [2.45, 2.75) is 25.8 Å². The monoisotopic (exact) mass is 251 g/mol. The van der Waals surface area contributed by atoms with Crippen LogP contribution < -0.4 is 0 Å². The van der Waals surface area contributed by atoms with Crippen molar-refractivity contribution in [3.05, 3.63) is 35.1 Å². The van der Waals surface area contributed by atoms with E-state index >= 15 is 0 Å². The number of hydrogen-bond acceptors (Lipinski definition) is 2. The van der Waals surface area contributed by atoms with Crippen molar-refractivity contribution in [1.29, 1.82) is 0 Å². The Morgan fingerprint density at radius 3 is 2.56 bits per heavy atom. The Hall–Kier alpha value is -1.91. The van der Waals surface area contributed by atoms with E-state index in [0.717, 1.165) is 18.9 Å². The average Bonchev–Trinajstić information content (AvgIpc) is 3.14. The predicted octanol–water partition coefficient (Wildman–Crippen LogP) is 2.15. The van der Waals surface area contributed by atoms with Crippen molar-refractivity contribution in [1.82, 2.24) is 4.90 Å². The molecule has 1 aliphatic carbocycles. The van der Waals surface area contributed by atoms with Gasteiger partial charge in [-0.05, 0) is 38.0 Å². The number of hydrogen-bond donors (Lipinski definition) is 1. The van der Waals surface area contributed by atoms with Crippen LogP contribution in [0.5, 0.6) is 0 Å². The molecule has 1 aliphatic rings. The smallest absolute Gasteiger partial charge is 0.335 e. The Kier molecular flexibility index (Phi) is 3.32. The van der Waals surface area contributed by atoms with Crippen molar-refractivity contribution >= 4 is 11.9 Å². The summed E-state index contributed by atoms with van der Waals surface area (Å²) in [5, 5.41) is 8.73. The number of halogens is 1. The van der Waals surface area contributed by atoms with E-state index in [1.165, 1.54) is 12.1 Å². The number of carboxylic acid groups (broad SMARTS) is 1. The van der Waals surface area contributed by atoms with Gasteiger partial charge in [0.15, 0.2) is 0 Å². The summed E-state index contributed by atoms with van der Waals surface area (Å²) in [6.07, 6.45) is 1.91. The Balaban J connectivity index is 2.27. The first-order chi connectivity index (χ1) is 8.54. The predicted molar refractivity (Wildman–Crippen MR) is 63.1 cm³/mol. The van der Waals surface area contributed by atoms with Crippen molar-refractivity contribution in [2.24, 2.45) is 0 Å². The summed E-state index contributed by atoms with van der Waals surface area (Å²) in [7, 11) is 0. The van der Waals surface area contributed by atoms with Crippen LogP contribution in [-0.2, 0) is 0 Å². The van der Waals surface area contributed by atoms with E-state index in [9.17, 15) is 14.0 Å². The molecular formula is C13H14FNO3. The molecule has 5 heteroatoms. The van der Waals surface area contributed by atoms with Gasteiger partial charge in [0.05, 0.1) is 11.1 Å². The van der Waals surface area contributed by atoms with E-state index in [-0.39, 0.29) is 23.1 Å². The van der Waals surface area contributed by atoms with Crippen LogP contribution in [-0.4, -0.2) is 34.5 Å². The second-order valence-electron chi connectivity index (χ2n) is 4.32. The Labute approximate surface area is 104 Å². The zero-order valence-electron chi connectivity index (χ0n) is 10.0. The second-order valence-corrected chi connectivity index (χ2v) is 4.32. The SMILES string of the molecule is CCN(C(=O)c1ccc(C(=O)O)cc1F)C1CC1. The Morgan fingerprint density at radius 1 is 1.44 bits per heavy atom. The van der Waals surface area contributed by atoms with Crippen LogP contribution in [0.1, 0.15) is 40.5 Å². The molecule has 0 radical (unpaired) electrons. The molecule has 0 heterocycles. The number of carbonyl (C=O) groups excluding carboxylic acids is 1. The van der Waals surface area contributed by atoms with Crippen LogP contribution >= 0.6 is 0 Å². The van der Waals surface area contributed by atoms with Gasteiger partial charge in [-0.25, -0.2) is 9.18 Å². The van der Waals surface area contributed by atoms with E-state index in [4.69, 9.17) is 5.11 Å². The van der Waals surface area contributed by atoms with Crippen molar-refractivity contribution in [3.8, 4) is 0 Å². The molecule has 0 aromatic heterocycles. The minimum Gasteiger partial charge on any atom is -0.478 e. The van der Waals surface area contributed by atoms with E-state index < -0.39 is 11.8 Å². The van der Waals surface area contributed by atoms with E-state index in [2.05, 4.69) is 0 Å². The van der Waals surface area contributed by atoms with Gasteiger partial charge in [0.25, 0.3) is 5.91 Å². The fourth-order valence-corrected chi connectivity index (χ4v) is 1.93. The largest absolute Gasteiger partial charge is 0.478 e. The van der Waals surface area contributed by atoms with Crippen LogP contribution in [0, 0.1) is 5.82 Å². The molecule has 1 amide bonds. The van der Waals surface area contributed by atoms with Crippen molar-refractivity contribution in [2.75, 3.05) is 6.54 Å². The second kappa shape index (κ2) is 4.76. The first kappa shape index (κ1) is 12.5. The zero-order valence-corrected chi connectivity index (χ0v) is 10.0. The van der Waals surface area contributed by atoms with Gasteiger partial charge in [0, 0.05) is 12.6 Å². The maximum absolute atomic E-state index is 13.7. The molecule has 2 rings (SSSR count). The molecule has 0 saturated heterocycles. The summed E-state index contributed by atoms with van der Waals surface area (Å²) in [6, 6.07) is 3.59. The van der Waals surface area contributed by atoms with Gasteiger partial charge in [0.1, 0.15) is 5.82 Å². The molecule has 1 N–H and O–H groups in total. The molecular weight excluding hydrogens is 237 g/mol. The van der Waals surface area contributed by atoms with Gasteiger partial charge in [-0.3, -0.25) is 4.79 Å². The average molecular weight is 251 g/mol. The number of nitrogens with zero attached hydrogens (tertiary/aromatic N) is 1. The van der Waals surface area contributed by atoms with E-state index in [1.807, 2.05) is 6.92 Å². The highest BCUT2D eigenvalue weighted by molar-refractivity contribution is 5.96. The highest BCUT2D eigenvalue weighted by Gasteiger charge is 2.32. The maximum Gasteiger partial charge on any atom is 0.335 e. The highest BCUT2D eigenvalue weighted by atomic mass is 19.1. The number of amides is 1. The molecule has 1 saturated carbocycles. The van der Waals surface area contributed by atoms with Gasteiger partial charge in [-0.15, -0.1) is 0 Å². The topological polar surface area (TPSA) is 57.6 Å². The number of carbonyl (C=O) groups is 2. The molecule has 1 aromatic rings. The molecule has 1 fully saturated rings. The lowest BCUT2D eigenvalue weighted by Gasteiger charge is -2.20. The fraction of sp³-hybridized carbons (Fsp3) is 0.385. The third-order valence-electron chi connectivity index (χ3n) is 3.04. The van der Waals surface area contributed by atoms with Crippen LogP contribution in [0.4, 0.5) is 4.39 Å². The molecule has 4 nitrogen and oxygen atoms in total. The lowest BCUT2D eigenvalue weighted by molar-refractivity contribution is 0.0692. The lowest BCUT2D eigenvalue weighted by Crippen LogP contribution is -2.33. The van der Waals surface area contributed by atoms with Gasteiger partial charge in [-0.2, -0.15) is 0 Å². The maximum atomic E-state index is 13.7. The van der Waals surface area contributed by atoms with Gasteiger partial charge in [0.2, 0.25) is 0 Å². The molecule has 0 bridgehead atoms. The zero-order chi connectivity index (χ0) is 13.3. The summed E-state index contributed by atoms with van der Waals surface area (Å²) in [6.45, 7) is 2.38. The normalized spacial score (nSPS) is 14.3. The lowest BCUT2D eigenvalue weighted by atomic mass is 10.1. The minimum absolute atomic E-state index is 0.0613. The first-order valence-electron chi connectivity index (χ1n) is 5.88. The molecule has 18 heavy (non-hydrogen) atoms. The highest BCUT2D eigenvalue weighted by Crippen LogP contribution is 2.28. The third-order valence-corrected chi connectivity index (χ3v) is 3.04. The van der Waals surface area contributed by atoms with Crippen LogP contribution in [0.2, 0.25) is 0 Å². The van der Waals surface area contributed by atoms with Gasteiger partial charge < -0.3 is 10.0 Å². The van der Waals surface area contributed by atoms with Crippen LogP contribution in [0.3, 0.4) is 0 Å². The summed E-state index contributed by atoms with van der Waals surface area (Å²) < 4.78 is 13.7. The summed E-state index contributed by atoms with van der Waals surface area (Å²) in [4.78, 5) is 24.4. The summed E-state index contributed by atoms with van der Waals surface area (Å²) >= 11 is 0. The van der Waals surface area contributed by atoms with Crippen LogP contribution in [0.25, 0.3) is 0 Å². The molecule has 0 spiro atoms. The number of aromatic carboxylic acids is 1. The molecule has 96 valence electrons. The van der Waals surface area contributed by atoms with E-state index in [0.29, 0.717) is 6.54 Å². The summed E-state index contributed by atoms with van der Waals surface area (Å²) in [5.74, 6) is -2.35. The Bertz CT molecular complexity index is 497. The number of carboxylic acids is 1. The molecule has 0 aliphatic heterocycles. The van der Waals surface area contributed by atoms with Gasteiger partial charge >= 0.3 is 5.97 Å². The van der Waals surface area contributed by atoms with E-state index in [1.54, 1.807) is 4.90 Å². The number of rotatable bonds is 4.